The smallest absolute Gasteiger partial charge is 0.00747 e. The summed E-state index contributed by atoms with van der Waals surface area (Å²) in [4.78, 5) is 0. The lowest BCUT2D eigenvalue weighted by Gasteiger charge is -2.09. The van der Waals surface area contributed by atoms with Crippen molar-refractivity contribution in [1.82, 2.24) is 0 Å². The first kappa shape index (κ1) is 19.8. The SMILES string of the molecule is Br.CCCCCCCCCCCC(C)CCN. The van der Waals surface area contributed by atoms with Gasteiger partial charge in [0.1, 0.15) is 0 Å². The molecule has 0 aromatic heterocycles. The first-order chi connectivity index (χ1) is 7.81. The van der Waals surface area contributed by atoms with Gasteiger partial charge in [-0.15, -0.1) is 17.0 Å². The Bertz CT molecular complexity index is 128. The van der Waals surface area contributed by atoms with Crippen LogP contribution in [-0.2, 0) is 0 Å². The molecule has 0 aromatic carbocycles. The fraction of sp³-hybridized carbons (Fsp3) is 1.00. The van der Waals surface area contributed by atoms with Crippen molar-refractivity contribution in [3.05, 3.63) is 0 Å². The molecule has 0 saturated carbocycles. The van der Waals surface area contributed by atoms with E-state index >= 15 is 0 Å². The summed E-state index contributed by atoms with van der Waals surface area (Å²) in [6, 6.07) is 0. The maximum Gasteiger partial charge on any atom is -0.00747 e. The largest absolute Gasteiger partial charge is 0.330 e. The summed E-state index contributed by atoms with van der Waals surface area (Å²) in [5.74, 6) is 0.842. The molecule has 0 aliphatic carbocycles. The molecular weight excluding hydrogens is 274 g/mol. The van der Waals surface area contributed by atoms with Crippen LogP contribution in [0.3, 0.4) is 0 Å². The van der Waals surface area contributed by atoms with Crippen LogP contribution in [0.1, 0.15) is 84.5 Å². The molecule has 0 spiro atoms. The molecule has 0 aliphatic heterocycles. The third-order valence-corrected chi connectivity index (χ3v) is 3.46. The third kappa shape index (κ3) is 16.4. The highest BCUT2D eigenvalue weighted by Crippen LogP contribution is 2.14. The average Bonchev–Trinajstić information content (AvgIpc) is 2.27. The van der Waals surface area contributed by atoms with E-state index in [2.05, 4.69) is 13.8 Å². The third-order valence-electron chi connectivity index (χ3n) is 3.46. The first-order valence-electron chi connectivity index (χ1n) is 7.51. The van der Waals surface area contributed by atoms with Gasteiger partial charge in [0, 0.05) is 0 Å². The number of unbranched alkanes of at least 4 members (excludes halogenated alkanes) is 8. The first-order valence-corrected chi connectivity index (χ1v) is 7.51. The van der Waals surface area contributed by atoms with Crippen LogP contribution in [0, 0.1) is 5.92 Å². The highest BCUT2D eigenvalue weighted by atomic mass is 79.9. The predicted molar refractivity (Wildman–Crippen MR) is 85.0 cm³/mol. The van der Waals surface area contributed by atoms with Crippen molar-refractivity contribution >= 4 is 17.0 Å². The highest BCUT2D eigenvalue weighted by Gasteiger charge is 1.99. The van der Waals surface area contributed by atoms with Gasteiger partial charge in [0.15, 0.2) is 0 Å². The zero-order valence-electron chi connectivity index (χ0n) is 12.0. The van der Waals surface area contributed by atoms with Crippen molar-refractivity contribution in [3.8, 4) is 0 Å². The normalized spacial score (nSPS) is 12.2. The molecule has 0 rings (SSSR count). The van der Waals surface area contributed by atoms with E-state index in [1.165, 1.54) is 70.6 Å². The lowest BCUT2D eigenvalue weighted by atomic mass is 9.99. The Morgan fingerprint density at radius 3 is 1.71 bits per heavy atom. The van der Waals surface area contributed by atoms with Gasteiger partial charge in [-0.3, -0.25) is 0 Å². The molecule has 1 atom stereocenters. The average molecular weight is 308 g/mol. The second kappa shape index (κ2) is 16.4. The minimum absolute atomic E-state index is 0. The fourth-order valence-electron chi connectivity index (χ4n) is 2.23. The van der Waals surface area contributed by atoms with E-state index in [9.17, 15) is 0 Å². The van der Waals surface area contributed by atoms with Crippen LogP contribution in [0.2, 0.25) is 0 Å². The molecule has 0 radical (unpaired) electrons. The van der Waals surface area contributed by atoms with E-state index in [-0.39, 0.29) is 17.0 Å². The van der Waals surface area contributed by atoms with Gasteiger partial charge in [-0.05, 0) is 18.9 Å². The van der Waals surface area contributed by atoms with Crippen molar-refractivity contribution in [2.45, 2.75) is 84.5 Å². The molecule has 0 heterocycles. The number of nitrogens with two attached hydrogens (primary N) is 1. The van der Waals surface area contributed by atoms with Gasteiger partial charge in [-0.1, -0.05) is 78.1 Å². The van der Waals surface area contributed by atoms with Crippen molar-refractivity contribution in [2.24, 2.45) is 11.7 Å². The number of halogens is 1. The van der Waals surface area contributed by atoms with Crippen LogP contribution in [-0.4, -0.2) is 6.54 Å². The molecule has 0 fully saturated rings. The lowest BCUT2D eigenvalue weighted by Crippen LogP contribution is -2.05. The Hall–Kier alpha value is 0.440. The minimum atomic E-state index is 0. The Kier molecular flexibility index (Phi) is 19.1. The van der Waals surface area contributed by atoms with E-state index in [0.29, 0.717) is 0 Å². The van der Waals surface area contributed by atoms with Gasteiger partial charge in [-0.2, -0.15) is 0 Å². The zero-order chi connectivity index (χ0) is 12.1. The molecule has 2 heteroatoms. The van der Waals surface area contributed by atoms with Crippen molar-refractivity contribution in [1.29, 1.82) is 0 Å². The molecule has 0 saturated heterocycles. The maximum atomic E-state index is 5.54. The lowest BCUT2D eigenvalue weighted by molar-refractivity contribution is 0.459. The summed E-state index contributed by atoms with van der Waals surface area (Å²) in [5.41, 5.74) is 5.54. The molecule has 0 bridgehead atoms. The summed E-state index contributed by atoms with van der Waals surface area (Å²) in [5, 5.41) is 0. The molecule has 0 amide bonds. The molecular formula is C15H34BrN. The van der Waals surface area contributed by atoms with Crippen LogP contribution >= 0.6 is 17.0 Å². The zero-order valence-corrected chi connectivity index (χ0v) is 13.8. The fourth-order valence-corrected chi connectivity index (χ4v) is 2.23. The molecule has 17 heavy (non-hydrogen) atoms. The number of hydrogen-bond acceptors (Lipinski definition) is 1. The van der Waals surface area contributed by atoms with Gasteiger partial charge in [0.2, 0.25) is 0 Å². The Labute approximate surface area is 120 Å². The second-order valence-corrected chi connectivity index (χ2v) is 5.30. The molecule has 0 aliphatic rings. The minimum Gasteiger partial charge on any atom is -0.330 e. The Morgan fingerprint density at radius 1 is 0.765 bits per heavy atom. The van der Waals surface area contributed by atoms with E-state index in [1.54, 1.807) is 0 Å². The molecule has 106 valence electrons. The van der Waals surface area contributed by atoms with Gasteiger partial charge < -0.3 is 5.73 Å². The monoisotopic (exact) mass is 307 g/mol. The quantitative estimate of drug-likeness (QED) is 0.475. The van der Waals surface area contributed by atoms with Gasteiger partial charge in [0.05, 0.1) is 0 Å². The molecule has 1 nitrogen and oxygen atoms in total. The van der Waals surface area contributed by atoms with Crippen LogP contribution in [0.25, 0.3) is 0 Å². The Morgan fingerprint density at radius 2 is 1.24 bits per heavy atom. The van der Waals surface area contributed by atoms with E-state index < -0.39 is 0 Å². The van der Waals surface area contributed by atoms with Crippen LogP contribution < -0.4 is 5.73 Å². The van der Waals surface area contributed by atoms with Crippen LogP contribution in [0.4, 0.5) is 0 Å². The van der Waals surface area contributed by atoms with Crippen molar-refractivity contribution in [2.75, 3.05) is 6.54 Å². The standard InChI is InChI=1S/C15H33N.BrH/c1-3-4-5-6-7-8-9-10-11-12-15(2)13-14-16;/h15H,3-14,16H2,1-2H3;1H. The summed E-state index contributed by atoms with van der Waals surface area (Å²) < 4.78 is 0. The number of hydrogen-bond donors (Lipinski definition) is 1. The van der Waals surface area contributed by atoms with Crippen molar-refractivity contribution in [3.63, 3.8) is 0 Å². The molecule has 0 aromatic rings. The summed E-state index contributed by atoms with van der Waals surface area (Å²) in [6.07, 6.45) is 15.5. The topological polar surface area (TPSA) is 26.0 Å². The van der Waals surface area contributed by atoms with Gasteiger partial charge >= 0.3 is 0 Å². The maximum absolute atomic E-state index is 5.54. The van der Waals surface area contributed by atoms with Crippen LogP contribution in [0.5, 0.6) is 0 Å². The highest BCUT2D eigenvalue weighted by molar-refractivity contribution is 8.93. The second-order valence-electron chi connectivity index (χ2n) is 5.30. The van der Waals surface area contributed by atoms with Crippen LogP contribution in [0.15, 0.2) is 0 Å². The number of rotatable bonds is 12. The van der Waals surface area contributed by atoms with Crippen molar-refractivity contribution < 1.29 is 0 Å². The summed E-state index contributed by atoms with van der Waals surface area (Å²) in [6.45, 7) is 5.47. The summed E-state index contributed by atoms with van der Waals surface area (Å²) >= 11 is 0. The van der Waals surface area contributed by atoms with E-state index in [1.807, 2.05) is 0 Å². The molecule has 2 N–H and O–H groups in total. The van der Waals surface area contributed by atoms with Gasteiger partial charge in [-0.25, -0.2) is 0 Å². The summed E-state index contributed by atoms with van der Waals surface area (Å²) in [7, 11) is 0. The van der Waals surface area contributed by atoms with E-state index in [4.69, 9.17) is 5.73 Å². The Balaban J connectivity index is 0. The predicted octanol–water partition coefficient (Wildman–Crippen LogP) is 5.47. The van der Waals surface area contributed by atoms with E-state index in [0.717, 1.165) is 12.5 Å². The molecule has 1 unspecified atom stereocenters. The van der Waals surface area contributed by atoms with Gasteiger partial charge in [0.25, 0.3) is 0 Å².